The highest BCUT2D eigenvalue weighted by molar-refractivity contribution is 5.92. The summed E-state index contributed by atoms with van der Waals surface area (Å²) < 4.78 is 9.94. The number of methoxy groups -OCH3 is 2. The highest BCUT2D eigenvalue weighted by Gasteiger charge is 2.13. The van der Waals surface area contributed by atoms with Crippen LogP contribution in [-0.4, -0.2) is 20.2 Å². The van der Waals surface area contributed by atoms with Crippen LogP contribution in [0, 0.1) is 0 Å². The first-order valence-electron chi connectivity index (χ1n) is 3.86. The number of hydrogen-bond acceptors (Lipinski definition) is 5. The Labute approximate surface area is 81.3 Å². The molecule has 5 heteroatoms. The van der Waals surface area contributed by atoms with Gasteiger partial charge >= 0.3 is 5.97 Å². The maximum Gasteiger partial charge on any atom is 0.360 e. The highest BCUT2D eigenvalue weighted by Crippen LogP contribution is 2.24. The average molecular weight is 197 g/mol. The number of ether oxygens (including phenoxy) is 2. The third-order valence-corrected chi connectivity index (χ3v) is 1.74. The first-order valence-corrected chi connectivity index (χ1v) is 3.86. The van der Waals surface area contributed by atoms with Crippen molar-refractivity contribution < 1.29 is 19.1 Å². The van der Waals surface area contributed by atoms with Gasteiger partial charge in [-0.2, -0.15) is 5.90 Å². The van der Waals surface area contributed by atoms with Gasteiger partial charge in [0.25, 0.3) is 0 Å². The average Bonchev–Trinajstić information content (AvgIpc) is 2.27. The van der Waals surface area contributed by atoms with E-state index >= 15 is 0 Å². The molecule has 0 aliphatic carbocycles. The van der Waals surface area contributed by atoms with E-state index in [0.29, 0.717) is 11.5 Å². The van der Waals surface area contributed by atoms with Crippen LogP contribution in [0.3, 0.4) is 0 Å². The van der Waals surface area contributed by atoms with Gasteiger partial charge in [-0.1, -0.05) is 0 Å². The third kappa shape index (κ3) is 1.94. The molecule has 0 saturated heterocycles. The summed E-state index contributed by atoms with van der Waals surface area (Å²) in [5.41, 5.74) is 0.260. The molecule has 0 bridgehead atoms. The van der Waals surface area contributed by atoms with Crippen molar-refractivity contribution in [2.45, 2.75) is 0 Å². The Balaban J connectivity index is 3.11. The van der Waals surface area contributed by atoms with Gasteiger partial charge in [-0.15, -0.1) is 0 Å². The van der Waals surface area contributed by atoms with Gasteiger partial charge in [-0.05, 0) is 12.1 Å². The summed E-state index contributed by atoms with van der Waals surface area (Å²) in [7, 11) is 2.97. The van der Waals surface area contributed by atoms with E-state index in [0.717, 1.165) is 0 Å². The van der Waals surface area contributed by atoms with Gasteiger partial charge in [-0.25, -0.2) is 4.79 Å². The van der Waals surface area contributed by atoms with Gasteiger partial charge in [0.1, 0.15) is 17.1 Å². The second kappa shape index (κ2) is 4.48. The van der Waals surface area contributed by atoms with Gasteiger partial charge in [0, 0.05) is 6.07 Å². The summed E-state index contributed by atoms with van der Waals surface area (Å²) in [6.07, 6.45) is 0. The van der Waals surface area contributed by atoms with Crippen molar-refractivity contribution in [1.29, 1.82) is 0 Å². The Hall–Kier alpha value is -1.75. The first kappa shape index (κ1) is 10.3. The number of hydrogen-bond donors (Lipinski definition) is 1. The van der Waals surface area contributed by atoms with Crippen LogP contribution in [0.5, 0.6) is 11.5 Å². The van der Waals surface area contributed by atoms with E-state index in [4.69, 9.17) is 15.4 Å². The quantitative estimate of drug-likeness (QED) is 0.723. The molecule has 2 N–H and O–H groups in total. The van der Waals surface area contributed by atoms with Gasteiger partial charge in [0.15, 0.2) is 0 Å². The lowest BCUT2D eigenvalue weighted by molar-refractivity contribution is 0.0499. The second-order valence-corrected chi connectivity index (χ2v) is 2.47. The van der Waals surface area contributed by atoms with Crippen LogP contribution in [-0.2, 0) is 4.84 Å². The molecule has 1 aromatic rings. The molecule has 0 amide bonds. The van der Waals surface area contributed by atoms with Crippen LogP contribution in [0.2, 0.25) is 0 Å². The summed E-state index contributed by atoms with van der Waals surface area (Å²) in [4.78, 5) is 15.2. The molecule has 1 rings (SSSR count). The predicted octanol–water partition coefficient (Wildman–Crippen LogP) is 0.734. The molecular formula is C9H11NO4. The Bertz CT molecular complexity index is 338. The smallest absolute Gasteiger partial charge is 0.360 e. The zero-order valence-electron chi connectivity index (χ0n) is 7.94. The fourth-order valence-corrected chi connectivity index (χ4v) is 1.03. The van der Waals surface area contributed by atoms with Gasteiger partial charge in [0.2, 0.25) is 0 Å². The summed E-state index contributed by atoms with van der Waals surface area (Å²) in [5.74, 6) is 5.07. The minimum Gasteiger partial charge on any atom is -0.497 e. The van der Waals surface area contributed by atoms with E-state index in [-0.39, 0.29) is 5.56 Å². The molecule has 0 aliphatic rings. The van der Waals surface area contributed by atoms with E-state index in [1.165, 1.54) is 20.3 Å². The molecule has 5 nitrogen and oxygen atoms in total. The molecule has 0 aromatic heterocycles. The Kier molecular flexibility index (Phi) is 3.30. The normalized spacial score (nSPS) is 9.36. The van der Waals surface area contributed by atoms with Crippen molar-refractivity contribution in [2.24, 2.45) is 5.90 Å². The lowest BCUT2D eigenvalue weighted by Gasteiger charge is -2.07. The van der Waals surface area contributed by atoms with Crippen molar-refractivity contribution in [2.75, 3.05) is 14.2 Å². The molecule has 0 aliphatic heterocycles. The number of carbonyl (C=O) groups is 1. The third-order valence-electron chi connectivity index (χ3n) is 1.74. The number of benzene rings is 1. The Morgan fingerprint density at radius 1 is 1.29 bits per heavy atom. The van der Waals surface area contributed by atoms with Crippen LogP contribution >= 0.6 is 0 Å². The Morgan fingerprint density at radius 2 is 2.00 bits per heavy atom. The lowest BCUT2D eigenvalue weighted by Crippen LogP contribution is -2.11. The maximum absolute atomic E-state index is 11.1. The van der Waals surface area contributed by atoms with Crippen molar-refractivity contribution in [3.63, 3.8) is 0 Å². The van der Waals surface area contributed by atoms with Gasteiger partial charge < -0.3 is 14.3 Å². The topological polar surface area (TPSA) is 70.8 Å². The summed E-state index contributed by atoms with van der Waals surface area (Å²) in [6.45, 7) is 0. The molecular weight excluding hydrogens is 186 g/mol. The highest BCUT2D eigenvalue weighted by atomic mass is 16.7. The van der Waals surface area contributed by atoms with Crippen LogP contribution in [0.15, 0.2) is 18.2 Å². The largest absolute Gasteiger partial charge is 0.497 e. The van der Waals surface area contributed by atoms with Crippen LogP contribution in [0.25, 0.3) is 0 Å². The van der Waals surface area contributed by atoms with Crippen LogP contribution < -0.4 is 15.4 Å². The van der Waals surface area contributed by atoms with Gasteiger partial charge in [-0.3, -0.25) is 0 Å². The fourth-order valence-electron chi connectivity index (χ4n) is 1.03. The zero-order chi connectivity index (χ0) is 10.6. The number of nitrogens with two attached hydrogens (primary N) is 1. The minimum atomic E-state index is -0.649. The number of rotatable bonds is 3. The molecule has 0 spiro atoms. The molecule has 0 saturated carbocycles. The summed E-state index contributed by atoms with van der Waals surface area (Å²) >= 11 is 0. The zero-order valence-corrected chi connectivity index (χ0v) is 7.94. The van der Waals surface area contributed by atoms with Crippen molar-refractivity contribution >= 4 is 5.97 Å². The SMILES string of the molecule is COc1ccc(C(=O)ON)c(OC)c1. The van der Waals surface area contributed by atoms with E-state index < -0.39 is 5.97 Å². The van der Waals surface area contributed by atoms with E-state index in [1.54, 1.807) is 12.1 Å². The molecule has 1 aromatic carbocycles. The number of carbonyl (C=O) groups excluding carboxylic acids is 1. The molecule has 14 heavy (non-hydrogen) atoms. The predicted molar refractivity (Wildman–Crippen MR) is 49.1 cm³/mol. The van der Waals surface area contributed by atoms with E-state index in [2.05, 4.69) is 4.84 Å². The van der Waals surface area contributed by atoms with Crippen molar-refractivity contribution in [1.82, 2.24) is 0 Å². The summed E-state index contributed by atoms with van der Waals surface area (Å²) in [6, 6.07) is 4.72. The molecule has 0 radical (unpaired) electrons. The Morgan fingerprint density at radius 3 is 2.50 bits per heavy atom. The van der Waals surface area contributed by atoms with Gasteiger partial charge in [0.05, 0.1) is 14.2 Å². The monoisotopic (exact) mass is 197 g/mol. The van der Waals surface area contributed by atoms with E-state index in [9.17, 15) is 4.79 Å². The first-order chi connectivity index (χ1) is 6.72. The summed E-state index contributed by atoms with van der Waals surface area (Å²) in [5, 5.41) is 0. The second-order valence-electron chi connectivity index (χ2n) is 2.47. The standard InChI is InChI=1S/C9H11NO4/c1-12-6-3-4-7(9(11)14-10)8(5-6)13-2/h3-5H,10H2,1-2H3. The molecule has 0 fully saturated rings. The van der Waals surface area contributed by atoms with Crippen molar-refractivity contribution in [3.8, 4) is 11.5 Å². The molecule has 0 heterocycles. The van der Waals surface area contributed by atoms with Crippen LogP contribution in [0.1, 0.15) is 10.4 Å². The van der Waals surface area contributed by atoms with E-state index in [1.807, 2.05) is 0 Å². The maximum atomic E-state index is 11.1. The molecule has 0 atom stereocenters. The van der Waals surface area contributed by atoms with Crippen molar-refractivity contribution in [3.05, 3.63) is 23.8 Å². The minimum absolute atomic E-state index is 0.260. The lowest BCUT2D eigenvalue weighted by atomic mass is 10.2. The fraction of sp³-hybridized carbons (Fsp3) is 0.222. The van der Waals surface area contributed by atoms with Crippen LogP contribution in [0.4, 0.5) is 0 Å². The molecule has 76 valence electrons. The molecule has 0 unspecified atom stereocenters.